The second-order valence-corrected chi connectivity index (χ2v) is 4.81. The number of rotatable bonds is 9. The highest BCUT2D eigenvalue weighted by molar-refractivity contribution is 7.99. The van der Waals surface area contributed by atoms with E-state index in [-0.39, 0.29) is 0 Å². The highest BCUT2D eigenvalue weighted by Gasteiger charge is 2.04. The van der Waals surface area contributed by atoms with Crippen LogP contribution in [0.1, 0.15) is 46.0 Å². The van der Waals surface area contributed by atoms with Gasteiger partial charge in [0, 0.05) is 11.8 Å². The van der Waals surface area contributed by atoms with E-state index in [9.17, 15) is 0 Å². The Kier molecular flexibility index (Phi) is 10.6. The van der Waals surface area contributed by atoms with Gasteiger partial charge in [-0.3, -0.25) is 0 Å². The zero-order valence-corrected chi connectivity index (χ0v) is 10.3. The Morgan fingerprint density at radius 2 is 1.92 bits per heavy atom. The van der Waals surface area contributed by atoms with Gasteiger partial charge < -0.3 is 5.32 Å². The van der Waals surface area contributed by atoms with E-state index in [2.05, 4.69) is 26.2 Å². The van der Waals surface area contributed by atoms with Gasteiger partial charge in [0.25, 0.3) is 0 Å². The Hall–Kier alpha value is 0.310. The number of unbranched alkanes of at least 4 members (excludes halogenated alkanes) is 3. The Labute approximate surface area is 88.1 Å². The van der Waals surface area contributed by atoms with Crippen molar-refractivity contribution < 1.29 is 0 Å². The summed E-state index contributed by atoms with van der Waals surface area (Å²) in [7, 11) is 2.08. The van der Waals surface area contributed by atoms with Crippen molar-refractivity contribution in [2.45, 2.75) is 52.0 Å². The standard InChI is InChI=1S/C11H25NS/c1-4-6-7-8-9-11(12-3)10-13-5-2/h11-12H,4-10H2,1-3H3. The normalized spacial score (nSPS) is 13.2. The topological polar surface area (TPSA) is 12.0 Å². The van der Waals surface area contributed by atoms with E-state index >= 15 is 0 Å². The van der Waals surface area contributed by atoms with E-state index in [4.69, 9.17) is 0 Å². The molecule has 0 heterocycles. The van der Waals surface area contributed by atoms with Crippen molar-refractivity contribution in [2.24, 2.45) is 0 Å². The summed E-state index contributed by atoms with van der Waals surface area (Å²) in [6.45, 7) is 4.50. The van der Waals surface area contributed by atoms with Crippen LogP contribution < -0.4 is 5.32 Å². The summed E-state index contributed by atoms with van der Waals surface area (Å²) in [6.07, 6.45) is 6.89. The molecule has 1 nitrogen and oxygen atoms in total. The number of thioether (sulfide) groups is 1. The van der Waals surface area contributed by atoms with Crippen molar-refractivity contribution in [2.75, 3.05) is 18.6 Å². The molecule has 1 atom stereocenters. The quantitative estimate of drug-likeness (QED) is 0.577. The summed E-state index contributed by atoms with van der Waals surface area (Å²) in [5, 5.41) is 3.39. The van der Waals surface area contributed by atoms with Gasteiger partial charge in [0.1, 0.15) is 0 Å². The van der Waals surface area contributed by atoms with Crippen molar-refractivity contribution >= 4 is 11.8 Å². The molecular weight excluding hydrogens is 178 g/mol. The second kappa shape index (κ2) is 10.4. The van der Waals surface area contributed by atoms with Gasteiger partial charge in [-0.15, -0.1) is 0 Å². The van der Waals surface area contributed by atoms with Gasteiger partial charge in [-0.2, -0.15) is 11.8 Å². The molecule has 0 rings (SSSR count). The molecule has 0 aromatic heterocycles. The van der Waals surface area contributed by atoms with Crippen LogP contribution in [0.15, 0.2) is 0 Å². The fourth-order valence-electron chi connectivity index (χ4n) is 1.39. The number of nitrogens with one attached hydrogen (secondary N) is 1. The smallest absolute Gasteiger partial charge is 0.0155 e. The Bertz CT molecular complexity index is 96.1. The lowest BCUT2D eigenvalue weighted by molar-refractivity contribution is 0.523. The lowest BCUT2D eigenvalue weighted by Crippen LogP contribution is -2.27. The van der Waals surface area contributed by atoms with E-state index in [1.54, 1.807) is 0 Å². The van der Waals surface area contributed by atoms with Gasteiger partial charge in [-0.05, 0) is 19.2 Å². The lowest BCUT2D eigenvalue weighted by atomic mass is 10.1. The molecule has 2 heteroatoms. The minimum Gasteiger partial charge on any atom is -0.316 e. The summed E-state index contributed by atoms with van der Waals surface area (Å²) >= 11 is 2.04. The zero-order valence-electron chi connectivity index (χ0n) is 9.44. The largest absolute Gasteiger partial charge is 0.316 e. The lowest BCUT2D eigenvalue weighted by Gasteiger charge is -2.14. The van der Waals surface area contributed by atoms with Gasteiger partial charge in [0.05, 0.1) is 0 Å². The van der Waals surface area contributed by atoms with Crippen LogP contribution in [0.5, 0.6) is 0 Å². The van der Waals surface area contributed by atoms with Crippen molar-refractivity contribution in [1.82, 2.24) is 5.32 Å². The average molecular weight is 203 g/mol. The molecule has 0 spiro atoms. The maximum Gasteiger partial charge on any atom is 0.0155 e. The first-order chi connectivity index (χ1) is 6.35. The predicted molar refractivity (Wildman–Crippen MR) is 64.6 cm³/mol. The van der Waals surface area contributed by atoms with Crippen molar-refractivity contribution in [3.05, 3.63) is 0 Å². The molecule has 0 aliphatic heterocycles. The molecule has 0 saturated heterocycles. The first kappa shape index (κ1) is 13.3. The molecule has 1 unspecified atom stereocenters. The van der Waals surface area contributed by atoms with E-state index in [1.165, 1.54) is 43.6 Å². The summed E-state index contributed by atoms with van der Waals surface area (Å²) in [5.74, 6) is 2.52. The summed E-state index contributed by atoms with van der Waals surface area (Å²) in [4.78, 5) is 0. The molecule has 0 bridgehead atoms. The van der Waals surface area contributed by atoms with Gasteiger partial charge >= 0.3 is 0 Å². The maximum absolute atomic E-state index is 3.39. The fraction of sp³-hybridized carbons (Fsp3) is 1.00. The highest BCUT2D eigenvalue weighted by Crippen LogP contribution is 2.09. The molecule has 1 N–H and O–H groups in total. The molecule has 0 aliphatic carbocycles. The first-order valence-electron chi connectivity index (χ1n) is 5.60. The zero-order chi connectivity index (χ0) is 9.94. The Balaban J connectivity index is 3.25. The third-order valence-corrected chi connectivity index (χ3v) is 3.38. The highest BCUT2D eigenvalue weighted by atomic mass is 32.2. The summed E-state index contributed by atoms with van der Waals surface area (Å²) in [5.41, 5.74) is 0. The van der Waals surface area contributed by atoms with E-state index < -0.39 is 0 Å². The number of hydrogen-bond donors (Lipinski definition) is 1. The van der Waals surface area contributed by atoms with Crippen molar-refractivity contribution in [3.8, 4) is 0 Å². The molecule has 0 fully saturated rings. The maximum atomic E-state index is 3.39. The third-order valence-electron chi connectivity index (χ3n) is 2.34. The van der Waals surface area contributed by atoms with E-state index in [0.29, 0.717) is 0 Å². The summed E-state index contributed by atoms with van der Waals surface area (Å²) < 4.78 is 0. The molecule has 0 radical (unpaired) electrons. The molecule has 0 amide bonds. The monoisotopic (exact) mass is 203 g/mol. The van der Waals surface area contributed by atoms with Crippen LogP contribution in [-0.2, 0) is 0 Å². The average Bonchev–Trinajstić information content (AvgIpc) is 2.17. The number of hydrogen-bond acceptors (Lipinski definition) is 2. The van der Waals surface area contributed by atoms with Crippen LogP contribution in [0.2, 0.25) is 0 Å². The summed E-state index contributed by atoms with van der Waals surface area (Å²) in [6, 6.07) is 0.738. The van der Waals surface area contributed by atoms with E-state index in [1.807, 2.05) is 11.8 Å². The molecule has 0 aromatic carbocycles. The minimum absolute atomic E-state index is 0.738. The predicted octanol–water partition coefficient (Wildman–Crippen LogP) is 3.30. The molecule has 0 aliphatic rings. The molecule has 13 heavy (non-hydrogen) atoms. The van der Waals surface area contributed by atoms with Gasteiger partial charge in [-0.25, -0.2) is 0 Å². The second-order valence-electron chi connectivity index (χ2n) is 3.49. The molecule has 80 valence electrons. The molecule has 0 aromatic rings. The van der Waals surface area contributed by atoms with Gasteiger partial charge in [0.2, 0.25) is 0 Å². The molecule has 0 saturated carbocycles. The SMILES string of the molecule is CCCCCCC(CSCC)NC. The van der Waals surface area contributed by atoms with Crippen LogP contribution in [0, 0.1) is 0 Å². The van der Waals surface area contributed by atoms with Crippen molar-refractivity contribution in [3.63, 3.8) is 0 Å². The van der Waals surface area contributed by atoms with Gasteiger partial charge in [-0.1, -0.05) is 39.5 Å². The van der Waals surface area contributed by atoms with Crippen LogP contribution in [0.4, 0.5) is 0 Å². The minimum atomic E-state index is 0.738. The van der Waals surface area contributed by atoms with Crippen LogP contribution >= 0.6 is 11.8 Å². The van der Waals surface area contributed by atoms with Crippen LogP contribution in [-0.4, -0.2) is 24.6 Å². The van der Waals surface area contributed by atoms with Crippen LogP contribution in [0.3, 0.4) is 0 Å². The fourth-order valence-corrected chi connectivity index (χ4v) is 2.24. The van der Waals surface area contributed by atoms with Crippen LogP contribution in [0.25, 0.3) is 0 Å². The van der Waals surface area contributed by atoms with Crippen molar-refractivity contribution in [1.29, 1.82) is 0 Å². The van der Waals surface area contributed by atoms with Gasteiger partial charge in [0.15, 0.2) is 0 Å². The third kappa shape index (κ3) is 8.63. The first-order valence-corrected chi connectivity index (χ1v) is 6.75. The Morgan fingerprint density at radius 3 is 2.46 bits per heavy atom. The Morgan fingerprint density at radius 1 is 1.15 bits per heavy atom. The van der Waals surface area contributed by atoms with E-state index in [0.717, 1.165) is 6.04 Å². The molecular formula is C11H25NS.